The molecule has 0 spiro atoms. The van der Waals surface area contributed by atoms with Crippen LogP contribution >= 0.6 is 11.3 Å². The zero-order valence-corrected chi connectivity index (χ0v) is 10.4. The zero-order valence-electron chi connectivity index (χ0n) is 9.61. The van der Waals surface area contributed by atoms with Gasteiger partial charge in [0.05, 0.1) is 19.3 Å². The van der Waals surface area contributed by atoms with Crippen LogP contribution in [0.15, 0.2) is 11.4 Å². The van der Waals surface area contributed by atoms with Gasteiger partial charge in [0, 0.05) is 18.0 Å². The number of aliphatic hydroxyl groups is 1. The van der Waals surface area contributed by atoms with Crippen LogP contribution in [0.2, 0.25) is 0 Å². The average Bonchev–Trinajstić information content (AvgIpc) is 2.92. The average molecular weight is 241 g/mol. The number of nitrogens with one attached hydrogen (secondary N) is 1. The van der Waals surface area contributed by atoms with Crippen molar-refractivity contribution in [3.8, 4) is 0 Å². The number of hydrogen-bond acceptors (Lipinski definition) is 4. The second-order valence-corrected chi connectivity index (χ2v) is 5.29. The minimum atomic E-state index is 0.0839. The third-order valence-corrected chi connectivity index (χ3v) is 4.21. The number of aliphatic hydroxyl groups excluding tert-OH is 1. The van der Waals surface area contributed by atoms with Gasteiger partial charge in [-0.3, -0.25) is 0 Å². The van der Waals surface area contributed by atoms with Crippen LogP contribution in [0.3, 0.4) is 0 Å². The van der Waals surface area contributed by atoms with E-state index in [-0.39, 0.29) is 12.6 Å². The van der Waals surface area contributed by atoms with Gasteiger partial charge in [0.2, 0.25) is 0 Å². The fraction of sp³-hybridized carbons (Fsp3) is 0.667. The summed E-state index contributed by atoms with van der Waals surface area (Å²) in [6.07, 6.45) is 1.13. The second kappa shape index (κ2) is 5.77. The Morgan fingerprint density at radius 1 is 1.69 bits per heavy atom. The molecule has 0 bridgehead atoms. The van der Waals surface area contributed by atoms with Crippen LogP contribution in [-0.2, 0) is 4.74 Å². The first-order valence-corrected chi connectivity index (χ1v) is 6.65. The van der Waals surface area contributed by atoms with E-state index >= 15 is 0 Å². The van der Waals surface area contributed by atoms with Crippen molar-refractivity contribution in [1.29, 1.82) is 0 Å². The van der Waals surface area contributed by atoms with Gasteiger partial charge in [-0.1, -0.05) is 0 Å². The Balaban J connectivity index is 1.88. The predicted molar refractivity (Wildman–Crippen MR) is 65.8 cm³/mol. The summed E-state index contributed by atoms with van der Waals surface area (Å²) < 4.78 is 5.34. The van der Waals surface area contributed by atoms with E-state index in [9.17, 15) is 5.11 Å². The Bertz CT molecular complexity index is 321. The molecule has 2 heterocycles. The van der Waals surface area contributed by atoms with Crippen molar-refractivity contribution >= 4 is 11.3 Å². The maximum absolute atomic E-state index is 9.41. The number of thiophene rings is 1. The van der Waals surface area contributed by atoms with Crippen LogP contribution in [-0.4, -0.2) is 31.5 Å². The van der Waals surface area contributed by atoms with Crippen molar-refractivity contribution in [2.45, 2.75) is 19.4 Å². The molecule has 90 valence electrons. The highest BCUT2D eigenvalue weighted by molar-refractivity contribution is 7.10. The van der Waals surface area contributed by atoms with Crippen molar-refractivity contribution < 1.29 is 9.84 Å². The Morgan fingerprint density at radius 2 is 2.56 bits per heavy atom. The van der Waals surface area contributed by atoms with E-state index in [0.29, 0.717) is 5.92 Å². The molecule has 4 heteroatoms. The minimum Gasteiger partial charge on any atom is -0.394 e. The number of aryl methyl sites for hydroxylation is 1. The molecule has 1 aromatic heterocycles. The van der Waals surface area contributed by atoms with Crippen molar-refractivity contribution in [3.63, 3.8) is 0 Å². The maximum Gasteiger partial charge on any atom is 0.0652 e. The molecule has 0 aliphatic carbocycles. The SMILES string of the molecule is Cc1ccsc1C(CO)NCC1CCOC1. The summed E-state index contributed by atoms with van der Waals surface area (Å²) in [4.78, 5) is 1.25. The quantitative estimate of drug-likeness (QED) is 0.824. The maximum atomic E-state index is 9.41. The van der Waals surface area contributed by atoms with Crippen molar-refractivity contribution in [1.82, 2.24) is 5.32 Å². The minimum absolute atomic E-state index is 0.0839. The van der Waals surface area contributed by atoms with E-state index in [0.717, 1.165) is 26.2 Å². The van der Waals surface area contributed by atoms with Crippen molar-refractivity contribution in [2.75, 3.05) is 26.4 Å². The Hall–Kier alpha value is -0.420. The lowest BCUT2D eigenvalue weighted by molar-refractivity contribution is 0.182. The molecular weight excluding hydrogens is 222 g/mol. The molecule has 0 amide bonds. The van der Waals surface area contributed by atoms with Crippen LogP contribution in [0.1, 0.15) is 22.9 Å². The van der Waals surface area contributed by atoms with Gasteiger partial charge in [-0.25, -0.2) is 0 Å². The molecule has 1 fully saturated rings. The highest BCUT2D eigenvalue weighted by Gasteiger charge is 2.19. The second-order valence-electron chi connectivity index (χ2n) is 4.34. The molecule has 1 aliphatic heterocycles. The highest BCUT2D eigenvalue weighted by Crippen LogP contribution is 2.24. The monoisotopic (exact) mass is 241 g/mol. The number of ether oxygens (including phenoxy) is 1. The molecule has 0 saturated carbocycles. The topological polar surface area (TPSA) is 41.5 Å². The van der Waals surface area contributed by atoms with E-state index in [1.165, 1.54) is 10.4 Å². The van der Waals surface area contributed by atoms with E-state index in [4.69, 9.17) is 4.74 Å². The smallest absolute Gasteiger partial charge is 0.0652 e. The normalized spacial score (nSPS) is 22.5. The Kier molecular flexibility index (Phi) is 4.35. The van der Waals surface area contributed by atoms with Gasteiger partial charge in [-0.2, -0.15) is 0 Å². The fourth-order valence-electron chi connectivity index (χ4n) is 2.03. The predicted octanol–water partition coefficient (Wildman–Crippen LogP) is 1.72. The lowest BCUT2D eigenvalue weighted by Crippen LogP contribution is -2.29. The summed E-state index contributed by atoms with van der Waals surface area (Å²) in [5, 5.41) is 14.9. The van der Waals surface area contributed by atoms with Crippen LogP contribution in [0.25, 0.3) is 0 Å². The molecular formula is C12H19NO2S. The first-order valence-electron chi connectivity index (χ1n) is 5.77. The Morgan fingerprint density at radius 3 is 3.12 bits per heavy atom. The highest BCUT2D eigenvalue weighted by atomic mass is 32.1. The van der Waals surface area contributed by atoms with E-state index < -0.39 is 0 Å². The largest absolute Gasteiger partial charge is 0.394 e. The summed E-state index contributed by atoms with van der Waals surface area (Å²) in [7, 11) is 0. The summed E-state index contributed by atoms with van der Waals surface area (Å²) >= 11 is 1.71. The molecule has 2 atom stereocenters. The van der Waals surface area contributed by atoms with Gasteiger partial charge in [0.15, 0.2) is 0 Å². The lowest BCUT2D eigenvalue weighted by Gasteiger charge is -2.18. The molecule has 0 aromatic carbocycles. The molecule has 2 rings (SSSR count). The molecule has 1 aliphatic rings. The van der Waals surface area contributed by atoms with Crippen LogP contribution in [0, 0.1) is 12.8 Å². The molecule has 2 unspecified atom stereocenters. The first-order chi connectivity index (χ1) is 7.81. The number of rotatable bonds is 5. The van der Waals surface area contributed by atoms with Gasteiger partial charge >= 0.3 is 0 Å². The summed E-state index contributed by atoms with van der Waals surface area (Å²) in [6, 6.07) is 2.18. The standard InChI is InChI=1S/C12H19NO2S/c1-9-3-5-16-12(9)11(7-14)13-6-10-2-4-15-8-10/h3,5,10-11,13-14H,2,4,6-8H2,1H3. The van der Waals surface area contributed by atoms with Crippen LogP contribution in [0.4, 0.5) is 0 Å². The van der Waals surface area contributed by atoms with Crippen molar-refractivity contribution in [3.05, 3.63) is 21.9 Å². The number of hydrogen-bond donors (Lipinski definition) is 2. The van der Waals surface area contributed by atoms with Gasteiger partial charge in [0.25, 0.3) is 0 Å². The molecule has 2 N–H and O–H groups in total. The van der Waals surface area contributed by atoms with E-state index in [2.05, 4.69) is 23.7 Å². The molecule has 0 radical (unpaired) electrons. The molecule has 16 heavy (non-hydrogen) atoms. The van der Waals surface area contributed by atoms with Gasteiger partial charge in [0.1, 0.15) is 0 Å². The summed E-state index contributed by atoms with van der Waals surface area (Å²) in [5.74, 6) is 0.606. The Labute approximate surface area is 100 Å². The van der Waals surface area contributed by atoms with Crippen molar-refractivity contribution in [2.24, 2.45) is 5.92 Å². The van der Waals surface area contributed by atoms with Crippen LogP contribution < -0.4 is 5.32 Å². The van der Waals surface area contributed by atoms with E-state index in [1.807, 2.05) is 0 Å². The molecule has 1 saturated heterocycles. The van der Waals surface area contributed by atoms with Gasteiger partial charge < -0.3 is 15.2 Å². The fourth-order valence-corrected chi connectivity index (χ4v) is 3.03. The lowest BCUT2D eigenvalue weighted by atomic mass is 10.1. The van der Waals surface area contributed by atoms with Gasteiger partial charge in [-0.05, 0) is 36.3 Å². The summed E-state index contributed by atoms with van der Waals surface area (Å²) in [5.41, 5.74) is 1.26. The first kappa shape index (κ1) is 12.0. The third-order valence-electron chi connectivity index (χ3n) is 3.08. The van der Waals surface area contributed by atoms with Crippen LogP contribution in [0.5, 0.6) is 0 Å². The van der Waals surface area contributed by atoms with Gasteiger partial charge in [-0.15, -0.1) is 11.3 Å². The third kappa shape index (κ3) is 2.83. The zero-order chi connectivity index (χ0) is 11.4. The van der Waals surface area contributed by atoms with E-state index in [1.54, 1.807) is 11.3 Å². The molecule has 3 nitrogen and oxygen atoms in total. The molecule has 1 aromatic rings. The summed E-state index contributed by atoms with van der Waals surface area (Å²) in [6.45, 7) is 4.93.